The summed E-state index contributed by atoms with van der Waals surface area (Å²) < 4.78 is 11.2. The highest BCUT2D eigenvalue weighted by Gasteiger charge is 2.14. The number of amides is 1. The van der Waals surface area contributed by atoms with Gasteiger partial charge in [0.2, 0.25) is 0 Å². The maximum absolute atomic E-state index is 12.4. The van der Waals surface area contributed by atoms with Gasteiger partial charge in [0.05, 0.1) is 0 Å². The maximum atomic E-state index is 12.4. The zero-order chi connectivity index (χ0) is 20.1. The molecule has 0 aliphatic rings. The molecule has 2 aromatic heterocycles. The van der Waals surface area contributed by atoms with Gasteiger partial charge in [0.15, 0.2) is 10.9 Å². The van der Waals surface area contributed by atoms with Crippen LogP contribution in [0.1, 0.15) is 26.8 Å². The molecule has 1 N–H and O–H groups in total. The van der Waals surface area contributed by atoms with E-state index in [-0.39, 0.29) is 18.3 Å². The number of nitrogens with one attached hydrogen (secondary N) is 1. The predicted molar refractivity (Wildman–Crippen MR) is 114 cm³/mol. The summed E-state index contributed by atoms with van der Waals surface area (Å²) in [5, 5.41) is 3.99. The molecule has 1 amide bonds. The van der Waals surface area contributed by atoms with Gasteiger partial charge in [-0.2, -0.15) is 0 Å². The van der Waals surface area contributed by atoms with Gasteiger partial charge in [-0.3, -0.25) is 10.1 Å². The normalized spacial score (nSPS) is 10.7. The van der Waals surface area contributed by atoms with Crippen LogP contribution in [0.4, 0.5) is 5.13 Å². The number of carbonyl (C=O) groups is 1. The Morgan fingerprint density at radius 1 is 1.10 bits per heavy atom. The Balaban J connectivity index is 1.34. The lowest BCUT2D eigenvalue weighted by molar-refractivity contribution is 0.0992. The number of aromatic nitrogens is 1. The monoisotopic (exact) mass is 424 g/mol. The molecule has 0 bridgehead atoms. The van der Waals surface area contributed by atoms with E-state index in [0.717, 1.165) is 16.2 Å². The number of halogens is 1. The molecule has 2 heterocycles. The van der Waals surface area contributed by atoms with Crippen molar-refractivity contribution in [2.24, 2.45) is 0 Å². The molecule has 4 rings (SSSR count). The molecule has 0 atom stereocenters. The second-order valence-corrected chi connectivity index (χ2v) is 7.81. The smallest absolute Gasteiger partial charge is 0.293 e. The molecule has 0 saturated carbocycles. The molecule has 0 fully saturated rings. The van der Waals surface area contributed by atoms with E-state index in [9.17, 15) is 4.79 Å². The fourth-order valence-corrected chi connectivity index (χ4v) is 3.76. The summed E-state index contributed by atoms with van der Waals surface area (Å²) in [6.07, 6.45) is 2.46. The molecular weight excluding hydrogens is 408 g/mol. The lowest BCUT2D eigenvalue weighted by atomic mass is 10.1. The third-order valence-electron chi connectivity index (χ3n) is 4.05. The molecule has 0 aliphatic heterocycles. The number of benzene rings is 2. The van der Waals surface area contributed by atoms with E-state index in [4.69, 9.17) is 20.8 Å². The number of rotatable bonds is 7. The zero-order valence-corrected chi connectivity index (χ0v) is 16.9. The number of hydrogen-bond acceptors (Lipinski definition) is 5. The van der Waals surface area contributed by atoms with Crippen molar-refractivity contribution in [3.05, 3.63) is 99.9 Å². The lowest BCUT2D eigenvalue weighted by Gasteiger charge is -2.03. The highest BCUT2D eigenvalue weighted by Crippen LogP contribution is 2.23. The van der Waals surface area contributed by atoms with Crippen molar-refractivity contribution >= 4 is 34.0 Å². The predicted octanol–water partition coefficient (Wildman–Crippen LogP) is 5.81. The van der Waals surface area contributed by atoms with Crippen LogP contribution in [0, 0.1) is 0 Å². The van der Waals surface area contributed by atoms with Gasteiger partial charge in [0, 0.05) is 22.5 Å². The van der Waals surface area contributed by atoms with E-state index in [1.165, 1.54) is 11.3 Å². The summed E-state index contributed by atoms with van der Waals surface area (Å²) in [4.78, 5) is 17.7. The molecule has 0 spiro atoms. The maximum Gasteiger partial charge on any atom is 0.293 e. The summed E-state index contributed by atoms with van der Waals surface area (Å²) in [5.41, 5.74) is 1.09. The van der Waals surface area contributed by atoms with Gasteiger partial charge in [-0.15, -0.1) is 11.3 Å². The van der Waals surface area contributed by atoms with Gasteiger partial charge in [0.1, 0.15) is 18.1 Å². The second-order valence-electron chi connectivity index (χ2n) is 6.26. The van der Waals surface area contributed by atoms with Crippen molar-refractivity contribution in [2.45, 2.75) is 13.0 Å². The number of anilines is 1. The number of para-hydroxylation sites is 1. The van der Waals surface area contributed by atoms with Gasteiger partial charge in [-0.05, 0) is 42.0 Å². The standard InChI is InChI=1S/C22H17ClN2O3S/c23-16-6-4-5-15(11-16)12-19-13-24-22(29-19)25-21(26)20-10-9-18(28-20)14-27-17-7-2-1-3-8-17/h1-11,13H,12,14H2,(H,24,25,26). The molecule has 7 heteroatoms. The second kappa shape index (κ2) is 8.94. The summed E-state index contributed by atoms with van der Waals surface area (Å²) in [6, 6.07) is 20.5. The van der Waals surface area contributed by atoms with Gasteiger partial charge in [-0.25, -0.2) is 4.98 Å². The third kappa shape index (κ3) is 5.25. The minimum Gasteiger partial charge on any atom is -0.486 e. The molecule has 5 nitrogen and oxygen atoms in total. The molecule has 0 unspecified atom stereocenters. The highest BCUT2D eigenvalue weighted by atomic mass is 35.5. The van der Waals surface area contributed by atoms with Crippen molar-refractivity contribution in [1.82, 2.24) is 4.98 Å². The van der Waals surface area contributed by atoms with Crippen LogP contribution in [-0.4, -0.2) is 10.9 Å². The first-order valence-electron chi connectivity index (χ1n) is 8.93. The number of furan rings is 1. The van der Waals surface area contributed by atoms with Crippen LogP contribution in [-0.2, 0) is 13.0 Å². The third-order valence-corrected chi connectivity index (χ3v) is 5.20. The Morgan fingerprint density at radius 3 is 2.79 bits per heavy atom. The molecule has 146 valence electrons. The molecule has 0 radical (unpaired) electrons. The van der Waals surface area contributed by atoms with Crippen molar-refractivity contribution < 1.29 is 13.9 Å². The lowest BCUT2D eigenvalue weighted by Crippen LogP contribution is -2.10. The van der Waals surface area contributed by atoms with E-state index in [1.54, 1.807) is 18.3 Å². The van der Waals surface area contributed by atoms with E-state index >= 15 is 0 Å². The van der Waals surface area contributed by atoms with Crippen molar-refractivity contribution in [1.29, 1.82) is 0 Å². The van der Waals surface area contributed by atoms with Crippen LogP contribution in [0.2, 0.25) is 5.02 Å². The van der Waals surface area contributed by atoms with Crippen molar-refractivity contribution in [3.63, 3.8) is 0 Å². The van der Waals surface area contributed by atoms with Gasteiger partial charge < -0.3 is 9.15 Å². The SMILES string of the molecule is O=C(Nc1ncc(Cc2cccc(Cl)c2)s1)c1ccc(COc2ccccc2)o1. The first-order chi connectivity index (χ1) is 14.2. The van der Waals surface area contributed by atoms with Gasteiger partial charge >= 0.3 is 0 Å². The summed E-state index contributed by atoms with van der Waals surface area (Å²) in [6.45, 7) is 0.248. The first kappa shape index (κ1) is 19.2. The fraction of sp³-hybridized carbons (Fsp3) is 0.0909. The first-order valence-corrected chi connectivity index (χ1v) is 10.1. The minimum absolute atomic E-state index is 0.211. The van der Waals surface area contributed by atoms with Crippen LogP contribution < -0.4 is 10.1 Å². The number of hydrogen-bond donors (Lipinski definition) is 1. The number of ether oxygens (including phenoxy) is 1. The van der Waals surface area contributed by atoms with Crippen LogP contribution in [0.5, 0.6) is 5.75 Å². The molecule has 2 aromatic carbocycles. The Morgan fingerprint density at radius 2 is 1.97 bits per heavy atom. The summed E-state index contributed by atoms with van der Waals surface area (Å²) in [5.74, 6) is 1.17. The van der Waals surface area contributed by atoms with Crippen LogP contribution >= 0.6 is 22.9 Å². The molecule has 0 saturated heterocycles. The van der Waals surface area contributed by atoms with E-state index in [2.05, 4.69) is 10.3 Å². The summed E-state index contributed by atoms with van der Waals surface area (Å²) >= 11 is 7.44. The van der Waals surface area contributed by atoms with Crippen molar-refractivity contribution in [2.75, 3.05) is 5.32 Å². The quantitative estimate of drug-likeness (QED) is 0.406. The topological polar surface area (TPSA) is 64.4 Å². The molecule has 0 aliphatic carbocycles. The average Bonchev–Trinajstić information content (AvgIpc) is 3.37. The van der Waals surface area contributed by atoms with E-state index < -0.39 is 0 Å². The van der Waals surface area contributed by atoms with E-state index in [1.807, 2.05) is 54.6 Å². The van der Waals surface area contributed by atoms with Gasteiger partial charge in [0.25, 0.3) is 5.91 Å². The minimum atomic E-state index is -0.348. The Kier molecular flexibility index (Phi) is 5.93. The number of carbonyl (C=O) groups excluding carboxylic acids is 1. The molecule has 29 heavy (non-hydrogen) atoms. The molecule has 4 aromatic rings. The fourth-order valence-electron chi connectivity index (χ4n) is 2.70. The Labute approximate surface area is 176 Å². The van der Waals surface area contributed by atoms with Crippen LogP contribution in [0.3, 0.4) is 0 Å². The Bertz CT molecular complexity index is 1110. The van der Waals surface area contributed by atoms with Crippen LogP contribution in [0.15, 0.2) is 77.3 Å². The van der Waals surface area contributed by atoms with Gasteiger partial charge in [-0.1, -0.05) is 41.9 Å². The van der Waals surface area contributed by atoms with Crippen LogP contribution in [0.25, 0.3) is 0 Å². The highest BCUT2D eigenvalue weighted by molar-refractivity contribution is 7.15. The average molecular weight is 425 g/mol. The van der Waals surface area contributed by atoms with E-state index in [0.29, 0.717) is 22.3 Å². The zero-order valence-electron chi connectivity index (χ0n) is 15.3. The number of nitrogens with zero attached hydrogens (tertiary/aromatic N) is 1. The Hall–Kier alpha value is -3.09. The molecular formula is C22H17ClN2O3S. The largest absolute Gasteiger partial charge is 0.486 e. The number of thiazole rings is 1. The summed E-state index contributed by atoms with van der Waals surface area (Å²) in [7, 11) is 0. The van der Waals surface area contributed by atoms with Crippen molar-refractivity contribution in [3.8, 4) is 5.75 Å².